The maximum absolute atomic E-state index is 11.5. The molecule has 92 valence electrons. The van der Waals surface area contributed by atoms with Crippen LogP contribution in [0.1, 0.15) is 19.8 Å². The van der Waals surface area contributed by atoms with E-state index in [1.807, 2.05) is 18.2 Å². The van der Waals surface area contributed by atoms with E-state index in [1.165, 1.54) is 5.69 Å². The van der Waals surface area contributed by atoms with Crippen molar-refractivity contribution in [3.8, 4) is 0 Å². The van der Waals surface area contributed by atoms with Crippen LogP contribution in [0.15, 0.2) is 30.3 Å². The molecular weight excluding hydrogens is 212 g/mol. The van der Waals surface area contributed by atoms with Crippen LogP contribution in [0.4, 0.5) is 5.69 Å². The zero-order chi connectivity index (χ0) is 12.3. The number of likely N-dealkylation sites (N-methyl/N-ethyl adjacent to an activating group) is 1. The first-order valence-electron chi connectivity index (χ1n) is 6.24. The molecule has 1 aromatic rings. The topological polar surface area (TPSA) is 32.3 Å². The van der Waals surface area contributed by atoms with Crippen LogP contribution in [0.25, 0.3) is 0 Å². The van der Waals surface area contributed by atoms with Gasteiger partial charge < -0.3 is 10.2 Å². The van der Waals surface area contributed by atoms with Crippen molar-refractivity contribution in [3.05, 3.63) is 30.3 Å². The number of amides is 1. The molecule has 1 amide bonds. The van der Waals surface area contributed by atoms with Gasteiger partial charge in [0.05, 0.1) is 0 Å². The molecule has 3 heteroatoms. The van der Waals surface area contributed by atoms with Crippen molar-refractivity contribution >= 4 is 11.6 Å². The number of hydrogen-bond donors (Lipinski definition) is 1. The zero-order valence-electron chi connectivity index (χ0n) is 10.5. The number of carbonyl (C=O) groups excluding carboxylic acids is 1. The second-order valence-electron chi connectivity index (χ2n) is 4.81. The molecule has 0 aliphatic heterocycles. The molecule has 1 N–H and O–H groups in total. The van der Waals surface area contributed by atoms with E-state index < -0.39 is 0 Å². The van der Waals surface area contributed by atoms with Crippen LogP contribution in [-0.2, 0) is 4.79 Å². The molecule has 1 fully saturated rings. The third kappa shape index (κ3) is 3.22. The molecule has 1 aliphatic carbocycles. The molecule has 1 atom stereocenters. The summed E-state index contributed by atoms with van der Waals surface area (Å²) in [5.74, 6) is 0.516. The van der Waals surface area contributed by atoms with E-state index in [1.54, 1.807) is 0 Å². The first kappa shape index (κ1) is 12.0. The maximum Gasteiger partial charge on any atom is 0.223 e. The van der Waals surface area contributed by atoms with Crippen molar-refractivity contribution in [2.24, 2.45) is 5.92 Å². The van der Waals surface area contributed by atoms with Crippen molar-refractivity contribution < 1.29 is 4.79 Å². The first-order chi connectivity index (χ1) is 8.18. The molecule has 1 saturated carbocycles. The Morgan fingerprint density at radius 2 is 2.06 bits per heavy atom. The van der Waals surface area contributed by atoms with E-state index in [0.29, 0.717) is 18.5 Å². The van der Waals surface area contributed by atoms with Gasteiger partial charge in [-0.3, -0.25) is 4.79 Å². The summed E-state index contributed by atoms with van der Waals surface area (Å²) in [6.07, 6.45) is 2.13. The highest BCUT2D eigenvalue weighted by Gasteiger charge is 2.29. The molecule has 1 unspecified atom stereocenters. The molecule has 1 aromatic carbocycles. The molecule has 0 bridgehead atoms. The first-order valence-corrected chi connectivity index (χ1v) is 6.24. The highest BCUT2D eigenvalue weighted by molar-refractivity contribution is 5.80. The van der Waals surface area contributed by atoms with E-state index in [9.17, 15) is 4.79 Å². The Bertz CT molecular complexity index is 373. The van der Waals surface area contributed by atoms with Crippen LogP contribution in [0.5, 0.6) is 0 Å². The number of benzene rings is 1. The quantitative estimate of drug-likeness (QED) is 0.842. The van der Waals surface area contributed by atoms with Crippen LogP contribution < -0.4 is 10.2 Å². The van der Waals surface area contributed by atoms with Crippen LogP contribution in [0, 0.1) is 5.92 Å². The summed E-state index contributed by atoms with van der Waals surface area (Å²) in [5, 5.41) is 3.01. The third-order valence-corrected chi connectivity index (χ3v) is 3.34. The maximum atomic E-state index is 11.5. The van der Waals surface area contributed by atoms with Crippen molar-refractivity contribution in [2.45, 2.75) is 25.8 Å². The predicted molar refractivity (Wildman–Crippen MR) is 70.0 cm³/mol. The minimum Gasteiger partial charge on any atom is -0.370 e. The number of hydrogen-bond acceptors (Lipinski definition) is 2. The number of para-hydroxylation sites is 1. The van der Waals surface area contributed by atoms with Gasteiger partial charge in [-0.15, -0.1) is 0 Å². The van der Waals surface area contributed by atoms with Gasteiger partial charge in [0.2, 0.25) is 5.91 Å². The second kappa shape index (κ2) is 5.21. The minimum atomic E-state index is 0.221. The Morgan fingerprint density at radius 1 is 1.41 bits per heavy atom. The van der Waals surface area contributed by atoms with Gasteiger partial charge in [-0.2, -0.15) is 0 Å². The van der Waals surface area contributed by atoms with E-state index in [-0.39, 0.29) is 5.91 Å². The fraction of sp³-hybridized carbons (Fsp3) is 0.500. The van der Waals surface area contributed by atoms with Crippen LogP contribution in [0.3, 0.4) is 0 Å². The SMILES string of the molecule is CC(CNC(=O)C1CC1)N(C)c1ccccc1. The second-order valence-corrected chi connectivity index (χ2v) is 4.81. The molecular formula is C14H20N2O. The van der Waals surface area contributed by atoms with Gasteiger partial charge in [-0.05, 0) is 31.9 Å². The molecule has 0 radical (unpaired) electrons. The average molecular weight is 232 g/mol. The Labute approximate surface area is 103 Å². The Kier molecular flexibility index (Phi) is 3.67. The molecule has 1 aliphatic rings. The van der Waals surface area contributed by atoms with E-state index >= 15 is 0 Å². The summed E-state index contributed by atoms with van der Waals surface area (Å²) in [7, 11) is 2.06. The lowest BCUT2D eigenvalue weighted by Gasteiger charge is -2.27. The highest BCUT2D eigenvalue weighted by atomic mass is 16.2. The lowest BCUT2D eigenvalue weighted by molar-refractivity contribution is -0.122. The van der Waals surface area contributed by atoms with Gasteiger partial charge in [0.1, 0.15) is 0 Å². The van der Waals surface area contributed by atoms with Gasteiger partial charge >= 0.3 is 0 Å². The van der Waals surface area contributed by atoms with E-state index in [0.717, 1.165) is 12.8 Å². The number of nitrogens with one attached hydrogen (secondary N) is 1. The van der Waals surface area contributed by atoms with Crippen molar-refractivity contribution in [3.63, 3.8) is 0 Å². The Hall–Kier alpha value is -1.51. The molecule has 17 heavy (non-hydrogen) atoms. The molecule has 0 spiro atoms. The van der Waals surface area contributed by atoms with Gasteiger partial charge in [-0.25, -0.2) is 0 Å². The predicted octanol–water partition coefficient (Wildman–Crippen LogP) is 2.04. The number of anilines is 1. The van der Waals surface area contributed by atoms with Crippen LogP contribution in [0.2, 0.25) is 0 Å². The van der Waals surface area contributed by atoms with Crippen molar-refractivity contribution in [1.29, 1.82) is 0 Å². The van der Waals surface area contributed by atoms with E-state index in [2.05, 4.69) is 36.3 Å². The number of carbonyl (C=O) groups is 1. The molecule has 0 heterocycles. The van der Waals surface area contributed by atoms with Gasteiger partial charge in [0, 0.05) is 31.2 Å². The minimum absolute atomic E-state index is 0.221. The third-order valence-electron chi connectivity index (χ3n) is 3.34. The van der Waals surface area contributed by atoms with Gasteiger partial charge in [0.15, 0.2) is 0 Å². The normalized spacial score (nSPS) is 16.4. The van der Waals surface area contributed by atoms with Crippen molar-refractivity contribution in [1.82, 2.24) is 5.32 Å². The fourth-order valence-corrected chi connectivity index (χ4v) is 1.79. The summed E-state index contributed by atoms with van der Waals surface area (Å²) < 4.78 is 0. The standard InChI is InChI=1S/C14H20N2O/c1-11(10-15-14(17)12-8-9-12)16(2)13-6-4-3-5-7-13/h3-7,11-12H,8-10H2,1-2H3,(H,15,17). The van der Waals surface area contributed by atoms with Gasteiger partial charge in [0.25, 0.3) is 0 Å². The smallest absolute Gasteiger partial charge is 0.223 e. The number of nitrogens with zero attached hydrogens (tertiary/aromatic N) is 1. The van der Waals surface area contributed by atoms with Crippen LogP contribution >= 0.6 is 0 Å². The Balaban J connectivity index is 1.82. The summed E-state index contributed by atoms with van der Waals surface area (Å²) in [6.45, 7) is 2.83. The summed E-state index contributed by atoms with van der Waals surface area (Å²) >= 11 is 0. The van der Waals surface area contributed by atoms with Gasteiger partial charge in [-0.1, -0.05) is 18.2 Å². The highest BCUT2D eigenvalue weighted by Crippen LogP contribution is 2.28. The largest absolute Gasteiger partial charge is 0.370 e. The fourth-order valence-electron chi connectivity index (χ4n) is 1.79. The summed E-state index contributed by atoms with van der Waals surface area (Å²) in [5.41, 5.74) is 1.18. The zero-order valence-corrected chi connectivity index (χ0v) is 10.5. The lowest BCUT2D eigenvalue weighted by atomic mass is 10.2. The van der Waals surface area contributed by atoms with E-state index in [4.69, 9.17) is 0 Å². The van der Waals surface area contributed by atoms with Crippen LogP contribution in [-0.4, -0.2) is 25.5 Å². The molecule has 2 rings (SSSR count). The molecule has 3 nitrogen and oxygen atoms in total. The average Bonchev–Trinajstić information content (AvgIpc) is 3.20. The summed E-state index contributed by atoms with van der Waals surface area (Å²) in [4.78, 5) is 13.7. The lowest BCUT2D eigenvalue weighted by Crippen LogP contribution is -2.40. The van der Waals surface area contributed by atoms with Crippen molar-refractivity contribution in [2.75, 3.05) is 18.5 Å². The molecule has 0 saturated heterocycles. The Morgan fingerprint density at radius 3 is 2.65 bits per heavy atom. The monoisotopic (exact) mass is 232 g/mol. The summed E-state index contributed by atoms with van der Waals surface area (Å²) in [6, 6.07) is 10.5. The molecule has 0 aromatic heterocycles. The number of rotatable bonds is 5.